The molecule has 1 aliphatic heterocycles. The van der Waals surface area contributed by atoms with Crippen LogP contribution in [0, 0.1) is 5.82 Å². The smallest absolute Gasteiger partial charge is 0.341 e. The average Bonchev–Trinajstić information content (AvgIpc) is 2.80. The van der Waals surface area contributed by atoms with Gasteiger partial charge in [0, 0.05) is 37.3 Å². The summed E-state index contributed by atoms with van der Waals surface area (Å²) < 4.78 is 23.6. The van der Waals surface area contributed by atoms with Gasteiger partial charge in [0.25, 0.3) is 5.91 Å². The second kappa shape index (κ2) is 10.6. The van der Waals surface area contributed by atoms with Gasteiger partial charge in [0.05, 0.1) is 7.11 Å². The van der Waals surface area contributed by atoms with Crippen LogP contribution in [0.5, 0.6) is 5.75 Å². The SMILES string of the molecule is COC(=O)c1cc(C(C)=O)ccc1OCC(=O)N1C[C@H](C)N(Cc2ccc(F)cc2)C[C@H]1C. The van der Waals surface area contributed by atoms with Crippen LogP contribution in [0.3, 0.4) is 0 Å². The van der Waals surface area contributed by atoms with Crippen molar-refractivity contribution in [1.82, 2.24) is 9.80 Å². The Kier molecular flexibility index (Phi) is 7.81. The van der Waals surface area contributed by atoms with Gasteiger partial charge in [-0.05, 0) is 56.7 Å². The molecule has 2 atom stereocenters. The van der Waals surface area contributed by atoms with E-state index in [2.05, 4.69) is 4.90 Å². The van der Waals surface area contributed by atoms with E-state index in [1.165, 1.54) is 38.3 Å². The lowest BCUT2D eigenvalue weighted by Crippen LogP contribution is -2.58. The molecule has 1 fully saturated rings. The van der Waals surface area contributed by atoms with Crippen molar-refractivity contribution in [1.29, 1.82) is 0 Å². The molecule has 0 aromatic heterocycles. The van der Waals surface area contributed by atoms with Gasteiger partial charge in [0.1, 0.15) is 17.1 Å². The van der Waals surface area contributed by atoms with Crippen molar-refractivity contribution in [3.05, 3.63) is 65.0 Å². The summed E-state index contributed by atoms with van der Waals surface area (Å²) >= 11 is 0. The molecule has 3 rings (SSSR count). The fourth-order valence-corrected chi connectivity index (χ4v) is 3.96. The van der Waals surface area contributed by atoms with Crippen LogP contribution in [-0.4, -0.2) is 66.3 Å². The molecule has 0 unspecified atom stereocenters. The second-order valence-corrected chi connectivity index (χ2v) is 8.35. The maximum Gasteiger partial charge on any atom is 0.341 e. The van der Waals surface area contributed by atoms with E-state index < -0.39 is 5.97 Å². The van der Waals surface area contributed by atoms with Gasteiger partial charge in [0.2, 0.25) is 0 Å². The van der Waals surface area contributed by atoms with Crippen LogP contribution in [0.15, 0.2) is 42.5 Å². The lowest BCUT2D eigenvalue weighted by Gasteiger charge is -2.44. The van der Waals surface area contributed by atoms with Gasteiger partial charge >= 0.3 is 5.97 Å². The van der Waals surface area contributed by atoms with Crippen LogP contribution in [0.1, 0.15) is 47.1 Å². The van der Waals surface area contributed by atoms with Crippen molar-refractivity contribution in [2.24, 2.45) is 0 Å². The number of halogens is 1. The second-order valence-electron chi connectivity index (χ2n) is 8.35. The molecule has 1 heterocycles. The number of piperazine rings is 1. The van der Waals surface area contributed by atoms with Gasteiger partial charge in [-0.1, -0.05) is 12.1 Å². The highest BCUT2D eigenvalue weighted by atomic mass is 19.1. The minimum absolute atomic E-state index is 0.0436. The summed E-state index contributed by atoms with van der Waals surface area (Å²) in [5.41, 5.74) is 1.47. The number of esters is 1. The fraction of sp³-hybridized carbons (Fsp3) is 0.400. The molecule has 0 bridgehead atoms. The van der Waals surface area contributed by atoms with E-state index >= 15 is 0 Å². The van der Waals surface area contributed by atoms with E-state index in [1.807, 2.05) is 13.8 Å². The third kappa shape index (κ3) is 5.96. The first kappa shape index (κ1) is 24.4. The normalized spacial score (nSPS) is 18.6. The first-order valence-corrected chi connectivity index (χ1v) is 10.8. The van der Waals surface area contributed by atoms with Gasteiger partial charge in [-0.15, -0.1) is 0 Å². The molecule has 0 radical (unpaired) electrons. The molecule has 0 saturated carbocycles. The molecule has 2 aromatic carbocycles. The van der Waals surface area contributed by atoms with Crippen molar-refractivity contribution < 1.29 is 28.2 Å². The third-order valence-electron chi connectivity index (χ3n) is 5.88. The molecule has 0 N–H and O–H groups in total. The quantitative estimate of drug-likeness (QED) is 0.470. The maximum absolute atomic E-state index is 13.2. The first-order chi connectivity index (χ1) is 15.7. The third-order valence-corrected chi connectivity index (χ3v) is 5.88. The number of benzene rings is 2. The van der Waals surface area contributed by atoms with Crippen molar-refractivity contribution in [3.8, 4) is 5.75 Å². The van der Waals surface area contributed by atoms with Crippen LogP contribution >= 0.6 is 0 Å². The summed E-state index contributed by atoms with van der Waals surface area (Å²) in [7, 11) is 1.24. The van der Waals surface area contributed by atoms with E-state index in [1.54, 1.807) is 23.1 Å². The number of ketones is 1. The van der Waals surface area contributed by atoms with Gasteiger partial charge in [-0.25, -0.2) is 9.18 Å². The zero-order valence-electron chi connectivity index (χ0n) is 19.3. The molecule has 33 heavy (non-hydrogen) atoms. The number of rotatable bonds is 7. The molecular weight excluding hydrogens is 427 g/mol. The number of amides is 1. The topological polar surface area (TPSA) is 76.2 Å². The molecule has 1 saturated heterocycles. The zero-order valence-corrected chi connectivity index (χ0v) is 19.3. The Morgan fingerprint density at radius 2 is 1.73 bits per heavy atom. The summed E-state index contributed by atoms with van der Waals surface area (Å²) in [6.45, 7) is 7.06. The maximum atomic E-state index is 13.2. The number of methoxy groups -OCH3 is 1. The van der Waals surface area contributed by atoms with E-state index in [4.69, 9.17) is 9.47 Å². The van der Waals surface area contributed by atoms with Crippen LogP contribution in [-0.2, 0) is 16.1 Å². The Morgan fingerprint density at radius 1 is 1.03 bits per heavy atom. The summed E-state index contributed by atoms with van der Waals surface area (Å²) in [5.74, 6) is -1.10. The van der Waals surface area contributed by atoms with Crippen molar-refractivity contribution in [2.75, 3.05) is 26.8 Å². The number of carbonyl (C=O) groups is 3. The molecule has 2 aromatic rings. The number of ether oxygens (including phenoxy) is 2. The largest absolute Gasteiger partial charge is 0.483 e. The Balaban J connectivity index is 1.63. The predicted octanol–water partition coefficient (Wildman–Crippen LogP) is 3.32. The summed E-state index contributed by atoms with van der Waals surface area (Å²) in [6, 6.07) is 11.0. The summed E-state index contributed by atoms with van der Waals surface area (Å²) in [5, 5.41) is 0. The minimum atomic E-state index is -0.642. The molecule has 1 aliphatic rings. The molecule has 0 spiro atoms. The fourth-order valence-electron chi connectivity index (χ4n) is 3.96. The standard InChI is InChI=1S/C25H29FN2O5/c1-16-13-28(17(2)12-27(16)14-19-5-8-21(26)9-6-19)24(30)15-33-23-10-7-20(18(3)29)11-22(23)25(31)32-4/h5-11,16-17H,12-15H2,1-4H3/t16-,17+/m0/s1. The number of hydrogen-bond donors (Lipinski definition) is 0. The van der Waals surface area contributed by atoms with Crippen LogP contribution < -0.4 is 4.74 Å². The van der Waals surface area contributed by atoms with E-state index in [0.29, 0.717) is 25.2 Å². The molecule has 7 nitrogen and oxygen atoms in total. The monoisotopic (exact) mass is 456 g/mol. The Bertz CT molecular complexity index is 1020. The molecule has 0 aliphatic carbocycles. The Morgan fingerprint density at radius 3 is 2.36 bits per heavy atom. The molecular formula is C25H29FN2O5. The number of nitrogens with zero attached hydrogens (tertiary/aromatic N) is 2. The number of Topliss-reactive ketones (excluding diaryl/α,β-unsaturated/α-hetero) is 1. The van der Waals surface area contributed by atoms with E-state index in [-0.39, 0.29) is 47.5 Å². The van der Waals surface area contributed by atoms with Gasteiger partial charge in [-0.3, -0.25) is 14.5 Å². The van der Waals surface area contributed by atoms with Crippen molar-refractivity contribution in [3.63, 3.8) is 0 Å². The first-order valence-electron chi connectivity index (χ1n) is 10.8. The molecule has 176 valence electrons. The lowest BCUT2D eigenvalue weighted by molar-refractivity contribution is -0.139. The van der Waals surface area contributed by atoms with Crippen LogP contribution in [0.4, 0.5) is 4.39 Å². The number of hydrogen-bond acceptors (Lipinski definition) is 6. The van der Waals surface area contributed by atoms with E-state index in [9.17, 15) is 18.8 Å². The van der Waals surface area contributed by atoms with Crippen LogP contribution in [0.25, 0.3) is 0 Å². The highest BCUT2D eigenvalue weighted by Crippen LogP contribution is 2.23. The van der Waals surface area contributed by atoms with Gasteiger partial charge < -0.3 is 14.4 Å². The highest BCUT2D eigenvalue weighted by molar-refractivity contribution is 5.99. The van der Waals surface area contributed by atoms with Crippen LogP contribution in [0.2, 0.25) is 0 Å². The summed E-state index contributed by atoms with van der Waals surface area (Å²) in [4.78, 5) is 40.7. The van der Waals surface area contributed by atoms with Crippen molar-refractivity contribution in [2.45, 2.75) is 39.4 Å². The molecule has 8 heteroatoms. The zero-order chi connectivity index (χ0) is 24.1. The predicted molar refractivity (Wildman–Crippen MR) is 121 cm³/mol. The van der Waals surface area contributed by atoms with E-state index in [0.717, 1.165) is 5.56 Å². The minimum Gasteiger partial charge on any atom is -0.483 e. The van der Waals surface area contributed by atoms with Gasteiger partial charge in [0.15, 0.2) is 12.4 Å². The Hall–Kier alpha value is -3.26. The van der Waals surface area contributed by atoms with Crippen molar-refractivity contribution >= 4 is 17.7 Å². The lowest BCUT2D eigenvalue weighted by atomic mass is 10.1. The summed E-state index contributed by atoms with van der Waals surface area (Å²) in [6.07, 6.45) is 0. The van der Waals surface area contributed by atoms with Gasteiger partial charge in [-0.2, -0.15) is 0 Å². The average molecular weight is 457 g/mol. The Labute approximate surface area is 193 Å². The highest BCUT2D eigenvalue weighted by Gasteiger charge is 2.32. The number of carbonyl (C=O) groups excluding carboxylic acids is 3. The molecule has 1 amide bonds.